The summed E-state index contributed by atoms with van der Waals surface area (Å²) in [6.07, 6.45) is 9.38. The second-order valence-electron chi connectivity index (χ2n) is 7.60. The third-order valence-corrected chi connectivity index (χ3v) is 5.53. The van der Waals surface area contributed by atoms with Crippen LogP contribution in [-0.2, 0) is 7.05 Å². The molecule has 2 heterocycles. The zero-order chi connectivity index (χ0) is 20.2. The fourth-order valence-electron chi connectivity index (χ4n) is 3.89. The SMILES string of the molecule is Cn1c(=O)c(Oc2ccccc2F)cc2cnc(NCCC3CCCCC3)nc21. The normalized spacial score (nSPS) is 14.8. The predicted octanol–water partition coefficient (Wildman–Crippen LogP) is 4.64. The quantitative estimate of drug-likeness (QED) is 0.657. The van der Waals surface area contributed by atoms with E-state index in [1.165, 1.54) is 48.8 Å². The number of pyridine rings is 1. The van der Waals surface area contributed by atoms with Crippen LogP contribution in [0.4, 0.5) is 10.3 Å². The third kappa shape index (κ3) is 4.39. The molecule has 1 aliphatic carbocycles. The van der Waals surface area contributed by atoms with E-state index in [1.54, 1.807) is 31.4 Å². The Morgan fingerprint density at radius 1 is 1.21 bits per heavy atom. The molecule has 1 aliphatic rings. The van der Waals surface area contributed by atoms with Gasteiger partial charge in [-0.3, -0.25) is 9.36 Å². The van der Waals surface area contributed by atoms with E-state index in [-0.39, 0.29) is 17.1 Å². The van der Waals surface area contributed by atoms with E-state index in [2.05, 4.69) is 15.3 Å². The van der Waals surface area contributed by atoms with Crippen LogP contribution in [0.15, 0.2) is 41.3 Å². The average molecular weight is 396 g/mol. The topological polar surface area (TPSA) is 69.0 Å². The van der Waals surface area contributed by atoms with Gasteiger partial charge in [0.05, 0.1) is 0 Å². The number of ether oxygens (including phenoxy) is 1. The highest BCUT2D eigenvalue weighted by Crippen LogP contribution is 2.26. The van der Waals surface area contributed by atoms with Crippen LogP contribution in [0.1, 0.15) is 38.5 Å². The number of aromatic nitrogens is 3. The van der Waals surface area contributed by atoms with E-state index in [1.807, 2.05) is 0 Å². The Morgan fingerprint density at radius 2 is 2.00 bits per heavy atom. The number of hydrogen-bond acceptors (Lipinski definition) is 5. The number of para-hydroxylation sites is 1. The van der Waals surface area contributed by atoms with Gasteiger partial charge in [0.2, 0.25) is 5.95 Å². The first-order chi connectivity index (χ1) is 14.1. The van der Waals surface area contributed by atoms with Crippen molar-refractivity contribution in [2.45, 2.75) is 38.5 Å². The average Bonchev–Trinajstić information content (AvgIpc) is 2.74. The molecule has 7 heteroatoms. The van der Waals surface area contributed by atoms with Gasteiger partial charge < -0.3 is 10.1 Å². The number of halogens is 1. The van der Waals surface area contributed by atoms with Crippen molar-refractivity contribution in [2.24, 2.45) is 13.0 Å². The lowest BCUT2D eigenvalue weighted by Gasteiger charge is -2.21. The number of fused-ring (bicyclic) bond motifs is 1. The summed E-state index contributed by atoms with van der Waals surface area (Å²) in [6, 6.07) is 7.54. The minimum Gasteiger partial charge on any atom is -0.448 e. The molecule has 3 aromatic rings. The first kappa shape index (κ1) is 19.4. The van der Waals surface area contributed by atoms with Crippen molar-refractivity contribution in [1.29, 1.82) is 0 Å². The van der Waals surface area contributed by atoms with E-state index >= 15 is 0 Å². The molecule has 0 radical (unpaired) electrons. The summed E-state index contributed by atoms with van der Waals surface area (Å²) < 4.78 is 20.8. The van der Waals surface area contributed by atoms with Crippen LogP contribution in [-0.4, -0.2) is 21.1 Å². The monoisotopic (exact) mass is 396 g/mol. The van der Waals surface area contributed by atoms with Crippen LogP contribution in [0, 0.1) is 11.7 Å². The second kappa shape index (κ2) is 8.59. The number of nitrogens with zero attached hydrogens (tertiary/aromatic N) is 3. The van der Waals surface area contributed by atoms with E-state index in [9.17, 15) is 9.18 Å². The Balaban J connectivity index is 1.52. The predicted molar refractivity (Wildman–Crippen MR) is 111 cm³/mol. The van der Waals surface area contributed by atoms with Crippen molar-refractivity contribution in [1.82, 2.24) is 14.5 Å². The molecule has 1 aromatic carbocycles. The summed E-state index contributed by atoms with van der Waals surface area (Å²) in [6.45, 7) is 0.818. The van der Waals surface area contributed by atoms with E-state index < -0.39 is 5.82 Å². The van der Waals surface area contributed by atoms with Crippen LogP contribution < -0.4 is 15.6 Å². The summed E-state index contributed by atoms with van der Waals surface area (Å²) in [7, 11) is 1.62. The Morgan fingerprint density at radius 3 is 2.79 bits per heavy atom. The van der Waals surface area contributed by atoms with Gasteiger partial charge in [0.1, 0.15) is 5.65 Å². The minimum atomic E-state index is -0.525. The second-order valence-corrected chi connectivity index (χ2v) is 7.60. The van der Waals surface area contributed by atoms with Gasteiger partial charge in [-0.15, -0.1) is 0 Å². The van der Waals surface area contributed by atoms with E-state index in [4.69, 9.17) is 4.74 Å². The molecule has 4 rings (SSSR count). The number of benzene rings is 1. The summed E-state index contributed by atoms with van der Waals surface area (Å²) in [5.74, 6) is 0.797. The Kier molecular flexibility index (Phi) is 5.74. The smallest absolute Gasteiger partial charge is 0.294 e. The van der Waals surface area contributed by atoms with Crippen molar-refractivity contribution < 1.29 is 9.13 Å². The summed E-state index contributed by atoms with van der Waals surface area (Å²) in [4.78, 5) is 21.5. The largest absolute Gasteiger partial charge is 0.448 e. The lowest BCUT2D eigenvalue weighted by Crippen LogP contribution is -2.20. The molecule has 1 N–H and O–H groups in total. The number of rotatable bonds is 6. The van der Waals surface area contributed by atoms with Crippen LogP contribution in [0.3, 0.4) is 0 Å². The van der Waals surface area contributed by atoms with Crippen LogP contribution in [0.2, 0.25) is 0 Å². The van der Waals surface area contributed by atoms with Gasteiger partial charge >= 0.3 is 0 Å². The molecule has 6 nitrogen and oxygen atoms in total. The lowest BCUT2D eigenvalue weighted by molar-refractivity contribution is 0.345. The van der Waals surface area contributed by atoms with Gasteiger partial charge in [-0.1, -0.05) is 44.2 Å². The first-order valence-electron chi connectivity index (χ1n) is 10.1. The molecular formula is C22H25FN4O2. The number of nitrogens with one attached hydrogen (secondary N) is 1. The molecule has 2 aromatic heterocycles. The van der Waals surface area contributed by atoms with Gasteiger partial charge in [0.15, 0.2) is 17.3 Å². The van der Waals surface area contributed by atoms with Gasteiger partial charge in [0.25, 0.3) is 5.56 Å². The highest BCUT2D eigenvalue weighted by Gasteiger charge is 2.15. The van der Waals surface area contributed by atoms with Gasteiger partial charge in [-0.05, 0) is 30.5 Å². The van der Waals surface area contributed by atoms with E-state index in [0.717, 1.165) is 18.9 Å². The maximum atomic E-state index is 13.9. The van der Waals surface area contributed by atoms with Crippen molar-refractivity contribution in [3.8, 4) is 11.5 Å². The van der Waals surface area contributed by atoms with Gasteiger partial charge in [-0.2, -0.15) is 4.98 Å². The zero-order valence-corrected chi connectivity index (χ0v) is 16.5. The number of anilines is 1. The molecule has 152 valence electrons. The molecular weight excluding hydrogens is 371 g/mol. The molecule has 0 unspecified atom stereocenters. The fourth-order valence-corrected chi connectivity index (χ4v) is 3.89. The van der Waals surface area contributed by atoms with E-state index in [0.29, 0.717) is 17.0 Å². The third-order valence-electron chi connectivity index (χ3n) is 5.53. The first-order valence-corrected chi connectivity index (χ1v) is 10.1. The van der Waals surface area contributed by atoms with Crippen LogP contribution in [0.25, 0.3) is 11.0 Å². The zero-order valence-electron chi connectivity index (χ0n) is 16.5. The van der Waals surface area contributed by atoms with Gasteiger partial charge in [-0.25, -0.2) is 9.37 Å². The minimum absolute atomic E-state index is 0.00543. The number of aryl methyl sites for hydroxylation is 1. The molecule has 0 amide bonds. The maximum absolute atomic E-state index is 13.9. The molecule has 0 saturated heterocycles. The highest BCUT2D eigenvalue weighted by atomic mass is 19.1. The fraction of sp³-hybridized carbons (Fsp3) is 0.409. The molecule has 1 saturated carbocycles. The van der Waals surface area contributed by atoms with Crippen molar-refractivity contribution in [3.63, 3.8) is 0 Å². The molecule has 0 aliphatic heterocycles. The van der Waals surface area contributed by atoms with Gasteiger partial charge in [0, 0.05) is 25.2 Å². The molecule has 0 atom stereocenters. The molecule has 29 heavy (non-hydrogen) atoms. The Hall–Kier alpha value is -2.96. The standard InChI is InChI=1S/C22H25FN4O2/c1-27-20-16(13-19(21(27)28)29-18-10-6-5-9-17(18)23)14-25-22(26-20)24-12-11-15-7-3-2-4-8-15/h5-6,9-10,13-15H,2-4,7-8,11-12H2,1H3,(H,24,25,26). The Labute approximate surface area is 168 Å². The molecule has 0 spiro atoms. The summed E-state index contributed by atoms with van der Waals surface area (Å²) in [5, 5.41) is 3.92. The summed E-state index contributed by atoms with van der Waals surface area (Å²) in [5.41, 5.74) is 0.124. The van der Waals surface area contributed by atoms with Crippen LogP contribution >= 0.6 is 0 Å². The number of hydrogen-bond donors (Lipinski definition) is 1. The van der Waals surface area contributed by atoms with Crippen molar-refractivity contribution in [3.05, 3.63) is 52.7 Å². The Bertz CT molecular complexity index is 1060. The maximum Gasteiger partial charge on any atom is 0.294 e. The molecule has 0 bridgehead atoms. The van der Waals surface area contributed by atoms with Crippen LogP contribution in [0.5, 0.6) is 11.5 Å². The highest BCUT2D eigenvalue weighted by molar-refractivity contribution is 5.76. The lowest BCUT2D eigenvalue weighted by atomic mass is 9.87. The van der Waals surface area contributed by atoms with Crippen molar-refractivity contribution in [2.75, 3.05) is 11.9 Å². The van der Waals surface area contributed by atoms with Crippen molar-refractivity contribution >= 4 is 17.0 Å². The molecule has 1 fully saturated rings. The summed E-state index contributed by atoms with van der Waals surface area (Å²) >= 11 is 0.